The second-order valence-corrected chi connectivity index (χ2v) is 7.42. The molecule has 0 saturated carbocycles. The van der Waals surface area contributed by atoms with Gasteiger partial charge in [-0.15, -0.1) is 0 Å². The lowest BCUT2D eigenvalue weighted by Gasteiger charge is -2.17. The summed E-state index contributed by atoms with van der Waals surface area (Å²) in [6.07, 6.45) is -0.0495. The molecule has 2 rings (SSSR count). The van der Waals surface area contributed by atoms with Gasteiger partial charge in [-0.2, -0.15) is 0 Å². The first-order valence-corrected chi connectivity index (χ1v) is 9.89. The number of carbonyl (C=O) groups excluding carboxylic acids is 3. The molecule has 0 spiro atoms. The maximum Gasteiger partial charge on any atom is 0.246 e. The number of anilines is 1. The second-order valence-electron chi connectivity index (χ2n) is 7.42. The maximum atomic E-state index is 12.3. The van der Waals surface area contributed by atoms with Crippen molar-refractivity contribution in [1.82, 2.24) is 10.8 Å². The van der Waals surface area contributed by atoms with E-state index in [1.807, 2.05) is 62.4 Å². The van der Waals surface area contributed by atoms with E-state index in [-0.39, 0.29) is 24.8 Å². The quantitative estimate of drug-likeness (QED) is 0.553. The standard InChI is InChI=1S/C23H29N3O4/c1-15-10-11-20(12-16(15)2)25-23(29)18(4)24-22(28)17(3)13-21(27)26-30-14-19-8-6-5-7-9-19/h5-12,17-18H,13-14H2,1-4H3,(H,24,28)(H,25,29)(H,26,27). The van der Waals surface area contributed by atoms with Gasteiger partial charge in [0, 0.05) is 18.0 Å². The number of rotatable bonds is 9. The molecule has 3 amide bonds. The zero-order chi connectivity index (χ0) is 22.1. The van der Waals surface area contributed by atoms with Crippen molar-refractivity contribution in [3.05, 3.63) is 65.2 Å². The molecule has 0 aliphatic rings. The predicted molar refractivity (Wildman–Crippen MR) is 115 cm³/mol. The zero-order valence-electron chi connectivity index (χ0n) is 17.8. The first kappa shape index (κ1) is 23.1. The molecule has 0 bridgehead atoms. The highest BCUT2D eigenvalue weighted by Crippen LogP contribution is 2.14. The SMILES string of the molecule is Cc1ccc(NC(=O)C(C)NC(=O)C(C)CC(=O)NOCc2ccccc2)cc1C. The molecule has 0 saturated heterocycles. The number of hydrogen-bond donors (Lipinski definition) is 3. The van der Waals surface area contributed by atoms with Crippen molar-refractivity contribution in [3.8, 4) is 0 Å². The second kappa shape index (κ2) is 11.1. The van der Waals surface area contributed by atoms with Crippen LogP contribution < -0.4 is 16.1 Å². The van der Waals surface area contributed by atoms with E-state index in [1.54, 1.807) is 13.8 Å². The van der Waals surface area contributed by atoms with Crippen LogP contribution in [0.2, 0.25) is 0 Å². The molecule has 160 valence electrons. The topological polar surface area (TPSA) is 96.5 Å². The minimum Gasteiger partial charge on any atom is -0.344 e. The van der Waals surface area contributed by atoms with Crippen LogP contribution in [0.4, 0.5) is 5.69 Å². The summed E-state index contributed by atoms with van der Waals surface area (Å²) in [6, 6.07) is 14.3. The van der Waals surface area contributed by atoms with Crippen molar-refractivity contribution in [2.24, 2.45) is 5.92 Å². The van der Waals surface area contributed by atoms with Crippen LogP contribution in [0.15, 0.2) is 48.5 Å². The number of hydroxylamine groups is 1. The molecule has 0 radical (unpaired) electrons. The van der Waals surface area contributed by atoms with Crippen LogP contribution in [-0.4, -0.2) is 23.8 Å². The van der Waals surface area contributed by atoms with Gasteiger partial charge in [0.15, 0.2) is 0 Å². The summed E-state index contributed by atoms with van der Waals surface area (Å²) < 4.78 is 0. The van der Waals surface area contributed by atoms with Crippen LogP contribution in [0.5, 0.6) is 0 Å². The number of aryl methyl sites for hydroxylation is 2. The third kappa shape index (κ3) is 7.33. The first-order chi connectivity index (χ1) is 14.3. The highest BCUT2D eigenvalue weighted by atomic mass is 16.6. The molecule has 0 heterocycles. The van der Waals surface area contributed by atoms with Crippen molar-refractivity contribution in [3.63, 3.8) is 0 Å². The van der Waals surface area contributed by atoms with Gasteiger partial charge in [-0.3, -0.25) is 19.2 Å². The maximum absolute atomic E-state index is 12.3. The molecule has 0 aromatic heterocycles. The summed E-state index contributed by atoms with van der Waals surface area (Å²) in [6.45, 7) is 7.42. The molecule has 0 aliphatic heterocycles. The van der Waals surface area contributed by atoms with Crippen LogP contribution in [0.25, 0.3) is 0 Å². The Bertz CT molecular complexity index is 883. The van der Waals surface area contributed by atoms with E-state index in [4.69, 9.17) is 4.84 Å². The third-order valence-electron chi connectivity index (χ3n) is 4.73. The summed E-state index contributed by atoms with van der Waals surface area (Å²) in [5, 5.41) is 5.43. The Morgan fingerprint density at radius 3 is 2.30 bits per heavy atom. The van der Waals surface area contributed by atoms with Crippen LogP contribution >= 0.6 is 0 Å². The van der Waals surface area contributed by atoms with E-state index in [1.165, 1.54) is 0 Å². The molecule has 2 atom stereocenters. The van der Waals surface area contributed by atoms with E-state index in [0.717, 1.165) is 16.7 Å². The Balaban J connectivity index is 1.74. The fourth-order valence-corrected chi connectivity index (χ4v) is 2.68. The van der Waals surface area contributed by atoms with Crippen LogP contribution in [0.3, 0.4) is 0 Å². The molecule has 2 aromatic rings. The molecular weight excluding hydrogens is 382 g/mol. The van der Waals surface area contributed by atoms with Gasteiger partial charge >= 0.3 is 0 Å². The van der Waals surface area contributed by atoms with Crippen LogP contribution in [-0.2, 0) is 25.8 Å². The monoisotopic (exact) mass is 411 g/mol. The predicted octanol–water partition coefficient (Wildman–Crippen LogP) is 3.02. The summed E-state index contributed by atoms with van der Waals surface area (Å²) in [4.78, 5) is 41.8. The van der Waals surface area contributed by atoms with Gasteiger partial charge in [0.1, 0.15) is 6.04 Å². The Labute approximate surface area is 177 Å². The molecule has 7 nitrogen and oxygen atoms in total. The minimum atomic E-state index is -0.737. The molecule has 2 aromatic carbocycles. The average molecular weight is 412 g/mol. The molecule has 7 heteroatoms. The molecule has 0 fully saturated rings. The fraction of sp³-hybridized carbons (Fsp3) is 0.348. The lowest BCUT2D eigenvalue weighted by Crippen LogP contribution is -2.44. The molecule has 3 N–H and O–H groups in total. The van der Waals surface area contributed by atoms with Gasteiger partial charge in [0.2, 0.25) is 17.7 Å². The minimum absolute atomic E-state index is 0.0495. The van der Waals surface area contributed by atoms with Gasteiger partial charge in [-0.05, 0) is 49.6 Å². The Kier molecular flexibility index (Phi) is 8.55. The van der Waals surface area contributed by atoms with Crippen LogP contribution in [0, 0.1) is 19.8 Å². The van der Waals surface area contributed by atoms with Crippen molar-refractivity contribution in [2.45, 2.75) is 46.8 Å². The largest absolute Gasteiger partial charge is 0.344 e. The number of hydrogen-bond acceptors (Lipinski definition) is 4. The third-order valence-corrected chi connectivity index (χ3v) is 4.73. The van der Waals surface area contributed by atoms with Gasteiger partial charge in [-0.1, -0.05) is 43.3 Å². The Morgan fingerprint density at radius 1 is 0.933 bits per heavy atom. The van der Waals surface area contributed by atoms with Crippen molar-refractivity contribution in [1.29, 1.82) is 0 Å². The number of carbonyl (C=O) groups is 3. The summed E-state index contributed by atoms with van der Waals surface area (Å²) in [5.41, 5.74) is 6.14. The summed E-state index contributed by atoms with van der Waals surface area (Å²) in [5.74, 6) is -1.71. The Morgan fingerprint density at radius 2 is 1.63 bits per heavy atom. The Hall–Kier alpha value is -3.19. The normalized spacial score (nSPS) is 12.5. The molecule has 30 heavy (non-hydrogen) atoms. The van der Waals surface area contributed by atoms with Gasteiger partial charge in [0.05, 0.1) is 6.61 Å². The molecule has 2 unspecified atom stereocenters. The molecule has 0 aliphatic carbocycles. The number of benzene rings is 2. The van der Waals surface area contributed by atoms with E-state index in [0.29, 0.717) is 5.69 Å². The lowest BCUT2D eigenvalue weighted by atomic mass is 10.1. The summed E-state index contributed by atoms with van der Waals surface area (Å²) in [7, 11) is 0. The highest BCUT2D eigenvalue weighted by molar-refractivity contribution is 5.97. The fourth-order valence-electron chi connectivity index (χ4n) is 2.68. The first-order valence-electron chi connectivity index (χ1n) is 9.89. The molecular formula is C23H29N3O4. The van der Waals surface area contributed by atoms with Gasteiger partial charge in [0.25, 0.3) is 0 Å². The average Bonchev–Trinajstić information content (AvgIpc) is 2.71. The van der Waals surface area contributed by atoms with E-state index < -0.39 is 17.9 Å². The van der Waals surface area contributed by atoms with Crippen molar-refractivity contribution in [2.75, 3.05) is 5.32 Å². The van der Waals surface area contributed by atoms with Gasteiger partial charge < -0.3 is 10.6 Å². The van der Waals surface area contributed by atoms with E-state index >= 15 is 0 Å². The van der Waals surface area contributed by atoms with Crippen LogP contribution in [0.1, 0.15) is 37.0 Å². The van der Waals surface area contributed by atoms with Crippen molar-refractivity contribution >= 4 is 23.4 Å². The van der Waals surface area contributed by atoms with Gasteiger partial charge in [-0.25, -0.2) is 5.48 Å². The summed E-state index contributed by atoms with van der Waals surface area (Å²) >= 11 is 0. The number of nitrogens with one attached hydrogen (secondary N) is 3. The highest BCUT2D eigenvalue weighted by Gasteiger charge is 2.22. The lowest BCUT2D eigenvalue weighted by molar-refractivity contribution is -0.138. The van der Waals surface area contributed by atoms with E-state index in [9.17, 15) is 14.4 Å². The zero-order valence-corrected chi connectivity index (χ0v) is 17.8. The van der Waals surface area contributed by atoms with E-state index in [2.05, 4.69) is 16.1 Å². The number of amides is 3. The van der Waals surface area contributed by atoms with Crippen molar-refractivity contribution < 1.29 is 19.2 Å². The smallest absolute Gasteiger partial charge is 0.246 e.